The number of amides is 1. The van der Waals surface area contributed by atoms with Crippen LogP contribution in [0.2, 0.25) is 0 Å². The summed E-state index contributed by atoms with van der Waals surface area (Å²) in [6, 6.07) is 5.46. The smallest absolute Gasteiger partial charge is 0.258 e. The molecular formula is C14H20N4O2. The molecule has 0 unspecified atom stereocenters. The maximum Gasteiger partial charge on any atom is 0.258 e. The van der Waals surface area contributed by atoms with E-state index in [-0.39, 0.29) is 19.1 Å². The van der Waals surface area contributed by atoms with Crippen molar-refractivity contribution in [1.82, 2.24) is 15.6 Å². The number of carbonyl (C=O) groups is 1. The van der Waals surface area contributed by atoms with Gasteiger partial charge in [-0.3, -0.25) is 9.78 Å². The highest BCUT2D eigenvalue weighted by atomic mass is 16.5. The fourth-order valence-electron chi connectivity index (χ4n) is 1.43. The van der Waals surface area contributed by atoms with Crippen LogP contribution >= 0.6 is 0 Å². The third kappa shape index (κ3) is 6.71. The number of carbonyl (C=O) groups excluding carboxylic acids is 1. The molecule has 0 radical (unpaired) electrons. The van der Waals surface area contributed by atoms with Crippen molar-refractivity contribution in [3.05, 3.63) is 24.0 Å². The number of nitrogens with zero attached hydrogens (tertiary/aromatic N) is 2. The van der Waals surface area contributed by atoms with Crippen LogP contribution in [0.1, 0.15) is 19.5 Å². The third-order valence-corrected chi connectivity index (χ3v) is 2.39. The number of hydrogen-bond donors (Lipinski definition) is 2. The molecule has 1 heterocycles. The lowest BCUT2D eigenvalue weighted by molar-refractivity contribution is -0.122. The van der Waals surface area contributed by atoms with Crippen LogP contribution in [0.15, 0.2) is 18.3 Å². The zero-order chi connectivity index (χ0) is 14.8. The minimum absolute atomic E-state index is 0.0130. The zero-order valence-corrected chi connectivity index (χ0v) is 11.8. The fourth-order valence-corrected chi connectivity index (χ4v) is 1.43. The number of aromatic nitrogens is 1. The average Bonchev–Trinajstić information content (AvgIpc) is 2.44. The van der Waals surface area contributed by atoms with Gasteiger partial charge in [0.15, 0.2) is 6.61 Å². The molecule has 0 spiro atoms. The topological polar surface area (TPSA) is 87.0 Å². The first-order valence-electron chi connectivity index (χ1n) is 6.54. The Kier molecular flexibility index (Phi) is 7.07. The van der Waals surface area contributed by atoms with Gasteiger partial charge in [-0.15, -0.1) is 0 Å². The summed E-state index contributed by atoms with van der Waals surface area (Å²) in [5.41, 5.74) is 0.923. The highest BCUT2D eigenvalue weighted by Gasteiger charge is 2.02. The monoisotopic (exact) mass is 276 g/mol. The van der Waals surface area contributed by atoms with Gasteiger partial charge in [-0.2, -0.15) is 5.26 Å². The van der Waals surface area contributed by atoms with Crippen LogP contribution < -0.4 is 15.4 Å². The van der Waals surface area contributed by atoms with Gasteiger partial charge in [0.05, 0.1) is 18.0 Å². The maximum atomic E-state index is 11.2. The Morgan fingerprint density at radius 3 is 2.90 bits per heavy atom. The summed E-state index contributed by atoms with van der Waals surface area (Å²) in [4.78, 5) is 15.5. The second-order valence-corrected chi connectivity index (χ2v) is 4.73. The van der Waals surface area contributed by atoms with Gasteiger partial charge in [0.2, 0.25) is 0 Å². The number of rotatable bonds is 8. The van der Waals surface area contributed by atoms with E-state index in [1.165, 1.54) is 0 Å². The van der Waals surface area contributed by atoms with E-state index < -0.39 is 0 Å². The number of pyridine rings is 1. The fraction of sp³-hybridized carbons (Fsp3) is 0.500. The molecule has 6 nitrogen and oxygen atoms in total. The van der Waals surface area contributed by atoms with Crippen molar-refractivity contribution in [2.24, 2.45) is 5.92 Å². The maximum absolute atomic E-state index is 11.2. The van der Waals surface area contributed by atoms with Crippen molar-refractivity contribution in [1.29, 1.82) is 5.26 Å². The number of ether oxygens (including phenoxy) is 1. The Morgan fingerprint density at radius 2 is 2.30 bits per heavy atom. The van der Waals surface area contributed by atoms with E-state index in [1.54, 1.807) is 12.3 Å². The molecule has 0 aliphatic rings. The number of nitriles is 1. The molecule has 0 aliphatic heterocycles. The van der Waals surface area contributed by atoms with Crippen LogP contribution in [0.25, 0.3) is 0 Å². The van der Waals surface area contributed by atoms with E-state index in [4.69, 9.17) is 10.00 Å². The van der Waals surface area contributed by atoms with E-state index in [0.29, 0.717) is 18.2 Å². The molecule has 1 rings (SSSR count). The summed E-state index contributed by atoms with van der Waals surface area (Å²) >= 11 is 0. The first-order chi connectivity index (χ1) is 9.61. The summed E-state index contributed by atoms with van der Waals surface area (Å²) in [6.07, 6.45) is 1.59. The Hall–Kier alpha value is -2.13. The molecule has 0 aliphatic carbocycles. The van der Waals surface area contributed by atoms with Gasteiger partial charge < -0.3 is 15.4 Å². The first kappa shape index (κ1) is 15.9. The van der Waals surface area contributed by atoms with Crippen molar-refractivity contribution in [2.45, 2.75) is 20.4 Å². The SMILES string of the molecule is CC(C)CNCc1ccc(OCC(=O)NCC#N)cn1. The number of hydrogen-bond acceptors (Lipinski definition) is 5. The molecular weight excluding hydrogens is 256 g/mol. The molecule has 2 N–H and O–H groups in total. The van der Waals surface area contributed by atoms with Crippen molar-refractivity contribution in [3.63, 3.8) is 0 Å². The summed E-state index contributed by atoms with van der Waals surface area (Å²) in [7, 11) is 0. The molecule has 0 bridgehead atoms. The van der Waals surface area contributed by atoms with Crippen LogP contribution in [0.3, 0.4) is 0 Å². The summed E-state index contributed by atoms with van der Waals surface area (Å²) in [5.74, 6) is 0.809. The molecule has 0 saturated carbocycles. The Morgan fingerprint density at radius 1 is 1.50 bits per heavy atom. The summed E-state index contributed by atoms with van der Waals surface area (Å²) in [6.45, 7) is 5.82. The summed E-state index contributed by atoms with van der Waals surface area (Å²) in [5, 5.41) is 14.0. The molecule has 1 amide bonds. The first-order valence-corrected chi connectivity index (χ1v) is 6.54. The molecule has 20 heavy (non-hydrogen) atoms. The van der Waals surface area contributed by atoms with Crippen LogP contribution in [-0.4, -0.2) is 30.6 Å². The third-order valence-electron chi connectivity index (χ3n) is 2.39. The van der Waals surface area contributed by atoms with Gasteiger partial charge in [0.25, 0.3) is 5.91 Å². The highest BCUT2D eigenvalue weighted by Crippen LogP contribution is 2.08. The van der Waals surface area contributed by atoms with Crippen LogP contribution in [-0.2, 0) is 11.3 Å². The second kappa shape index (κ2) is 8.88. The second-order valence-electron chi connectivity index (χ2n) is 4.73. The average molecular weight is 276 g/mol. The van der Waals surface area contributed by atoms with E-state index in [9.17, 15) is 4.79 Å². The molecule has 0 atom stereocenters. The molecule has 6 heteroatoms. The standard InChI is InChI=1S/C14H20N4O2/c1-11(2)7-16-8-12-3-4-13(9-18-12)20-10-14(19)17-6-5-15/h3-4,9,11,16H,6-8,10H2,1-2H3,(H,17,19). The largest absolute Gasteiger partial charge is 0.482 e. The predicted octanol–water partition coefficient (Wildman–Crippen LogP) is 0.846. The van der Waals surface area contributed by atoms with Crippen molar-refractivity contribution < 1.29 is 9.53 Å². The van der Waals surface area contributed by atoms with Crippen LogP contribution in [0.4, 0.5) is 0 Å². The van der Waals surface area contributed by atoms with Crippen LogP contribution in [0, 0.1) is 17.2 Å². The lowest BCUT2D eigenvalue weighted by Gasteiger charge is -2.08. The van der Waals surface area contributed by atoms with E-state index in [1.807, 2.05) is 12.1 Å². The van der Waals surface area contributed by atoms with Gasteiger partial charge >= 0.3 is 0 Å². The van der Waals surface area contributed by atoms with E-state index in [2.05, 4.69) is 29.5 Å². The van der Waals surface area contributed by atoms with Gasteiger partial charge in [0.1, 0.15) is 12.3 Å². The van der Waals surface area contributed by atoms with Crippen molar-refractivity contribution in [3.8, 4) is 11.8 Å². The molecule has 0 saturated heterocycles. The zero-order valence-electron chi connectivity index (χ0n) is 11.8. The van der Waals surface area contributed by atoms with Crippen LogP contribution in [0.5, 0.6) is 5.75 Å². The van der Waals surface area contributed by atoms with Gasteiger partial charge in [-0.05, 0) is 24.6 Å². The lowest BCUT2D eigenvalue weighted by atomic mass is 10.2. The number of nitrogens with one attached hydrogen (secondary N) is 2. The molecule has 108 valence electrons. The summed E-state index contributed by atoms with van der Waals surface area (Å²) < 4.78 is 5.26. The van der Waals surface area contributed by atoms with Crippen molar-refractivity contribution >= 4 is 5.91 Å². The Bertz CT molecular complexity index is 451. The van der Waals surface area contributed by atoms with E-state index in [0.717, 1.165) is 12.2 Å². The molecule has 0 aromatic carbocycles. The molecule has 1 aromatic heterocycles. The van der Waals surface area contributed by atoms with Crippen molar-refractivity contribution in [2.75, 3.05) is 19.7 Å². The minimum Gasteiger partial charge on any atom is -0.482 e. The highest BCUT2D eigenvalue weighted by molar-refractivity contribution is 5.77. The van der Waals surface area contributed by atoms with E-state index >= 15 is 0 Å². The molecule has 0 fully saturated rings. The normalized spacial score (nSPS) is 10.1. The lowest BCUT2D eigenvalue weighted by Crippen LogP contribution is -2.29. The van der Waals surface area contributed by atoms with Gasteiger partial charge in [-0.1, -0.05) is 13.8 Å². The minimum atomic E-state index is -0.325. The Labute approximate surface area is 119 Å². The molecule has 1 aromatic rings. The Balaban J connectivity index is 2.31. The predicted molar refractivity (Wildman–Crippen MR) is 74.9 cm³/mol. The van der Waals surface area contributed by atoms with Gasteiger partial charge in [0, 0.05) is 6.54 Å². The quantitative estimate of drug-likeness (QED) is 0.687. The van der Waals surface area contributed by atoms with Gasteiger partial charge in [-0.25, -0.2) is 0 Å².